The number of nitrogens with zero attached hydrogens (tertiary/aromatic N) is 2. The Morgan fingerprint density at radius 2 is 2.33 bits per heavy atom. The van der Waals surface area contributed by atoms with Crippen molar-refractivity contribution >= 4 is 5.82 Å². The van der Waals surface area contributed by atoms with Crippen LogP contribution in [0.5, 0.6) is 0 Å². The van der Waals surface area contributed by atoms with Gasteiger partial charge in [0.15, 0.2) is 0 Å². The number of aliphatic hydroxyl groups excluding tert-OH is 1. The zero-order chi connectivity index (χ0) is 13.0. The highest BCUT2D eigenvalue weighted by Gasteiger charge is 2.23. The third-order valence-electron chi connectivity index (χ3n) is 3.80. The Morgan fingerprint density at radius 1 is 1.50 bits per heavy atom. The molecule has 1 N–H and O–H groups in total. The number of rotatable bonds is 4. The van der Waals surface area contributed by atoms with Gasteiger partial charge in [-0.3, -0.25) is 0 Å². The molecule has 100 valence electrons. The first-order chi connectivity index (χ1) is 8.72. The average Bonchev–Trinajstić information content (AvgIpc) is 2.40. The molecule has 1 fully saturated rings. The van der Waals surface area contributed by atoms with Crippen LogP contribution in [0, 0.1) is 0 Å². The van der Waals surface area contributed by atoms with Crippen LogP contribution < -0.4 is 4.90 Å². The molecule has 1 saturated heterocycles. The summed E-state index contributed by atoms with van der Waals surface area (Å²) in [6.45, 7) is 5.15. The lowest BCUT2D eigenvalue weighted by molar-refractivity contribution is 0.199. The highest BCUT2D eigenvalue weighted by atomic mass is 16.3. The largest absolute Gasteiger partial charge is 0.389 e. The Balaban J connectivity index is 2.19. The van der Waals surface area contributed by atoms with Crippen molar-refractivity contribution in [1.82, 2.24) is 4.98 Å². The Bertz CT molecular complexity index is 377. The molecule has 3 nitrogen and oxygen atoms in total. The summed E-state index contributed by atoms with van der Waals surface area (Å²) < 4.78 is 0. The van der Waals surface area contributed by atoms with E-state index in [1.807, 2.05) is 18.3 Å². The van der Waals surface area contributed by atoms with Crippen molar-refractivity contribution in [3.05, 3.63) is 23.9 Å². The molecule has 1 aliphatic rings. The summed E-state index contributed by atoms with van der Waals surface area (Å²) in [7, 11) is 0. The minimum Gasteiger partial charge on any atom is -0.389 e. The van der Waals surface area contributed by atoms with Crippen LogP contribution >= 0.6 is 0 Å². The molecule has 0 aliphatic carbocycles. The van der Waals surface area contributed by atoms with E-state index in [4.69, 9.17) is 0 Å². The molecule has 0 radical (unpaired) electrons. The lowest BCUT2D eigenvalue weighted by Crippen LogP contribution is -2.40. The summed E-state index contributed by atoms with van der Waals surface area (Å²) in [6, 6.07) is 4.56. The Hall–Kier alpha value is -1.09. The fourth-order valence-electron chi connectivity index (χ4n) is 2.79. The van der Waals surface area contributed by atoms with Crippen LogP contribution in [0.1, 0.15) is 57.6 Å². The SMILES string of the molecule is CCCC1CCCCN1c1cc([C@H](C)O)ccn1. The number of aliphatic hydroxyl groups is 1. The molecule has 2 heterocycles. The summed E-state index contributed by atoms with van der Waals surface area (Å²) in [5, 5.41) is 9.67. The zero-order valence-corrected chi connectivity index (χ0v) is 11.5. The van der Waals surface area contributed by atoms with Crippen LogP contribution in [0.4, 0.5) is 5.82 Å². The van der Waals surface area contributed by atoms with E-state index >= 15 is 0 Å². The van der Waals surface area contributed by atoms with E-state index in [0.29, 0.717) is 6.04 Å². The third-order valence-corrected chi connectivity index (χ3v) is 3.80. The van der Waals surface area contributed by atoms with Gasteiger partial charge in [0.1, 0.15) is 5.82 Å². The molecule has 2 rings (SSSR count). The molecule has 2 atom stereocenters. The van der Waals surface area contributed by atoms with E-state index in [-0.39, 0.29) is 0 Å². The van der Waals surface area contributed by atoms with Gasteiger partial charge >= 0.3 is 0 Å². The second-order valence-corrected chi connectivity index (χ2v) is 5.26. The van der Waals surface area contributed by atoms with Crippen molar-refractivity contribution in [2.75, 3.05) is 11.4 Å². The van der Waals surface area contributed by atoms with Gasteiger partial charge in [-0.1, -0.05) is 13.3 Å². The van der Waals surface area contributed by atoms with Gasteiger partial charge in [0, 0.05) is 18.8 Å². The highest BCUT2D eigenvalue weighted by molar-refractivity contribution is 5.43. The molecule has 1 unspecified atom stereocenters. The molecule has 1 aromatic heterocycles. The Labute approximate surface area is 110 Å². The van der Waals surface area contributed by atoms with Crippen LogP contribution in [-0.4, -0.2) is 22.7 Å². The van der Waals surface area contributed by atoms with E-state index < -0.39 is 6.10 Å². The number of pyridine rings is 1. The van der Waals surface area contributed by atoms with Crippen LogP contribution in [0.15, 0.2) is 18.3 Å². The minimum atomic E-state index is -0.416. The highest BCUT2D eigenvalue weighted by Crippen LogP contribution is 2.27. The predicted molar refractivity (Wildman–Crippen MR) is 74.8 cm³/mol. The smallest absolute Gasteiger partial charge is 0.129 e. The molecule has 3 heteroatoms. The molecule has 1 aliphatic heterocycles. The maximum absolute atomic E-state index is 9.67. The molecule has 0 spiro atoms. The van der Waals surface area contributed by atoms with E-state index in [1.54, 1.807) is 6.92 Å². The number of hydrogen-bond donors (Lipinski definition) is 1. The second kappa shape index (κ2) is 6.19. The lowest BCUT2D eigenvalue weighted by Gasteiger charge is -2.37. The van der Waals surface area contributed by atoms with Crippen molar-refractivity contribution in [2.45, 2.75) is 58.1 Å². The standard InChI is InChI=1S/C15H24N2O/c1-3-6-14-7-4-5-10-17(14)15-11-13(12(2)18)8-9-16-15/h8-9,11-12,14,18H,3-7,10H2,1-2H3/t12-,14?/m0/s1. The normalized spacial score (nSPS) is 21.9. The predicted octanol–water partition coefficient (Wildman–Crippen LogP) is 3.29. The maximum Gasteiger partial charge on any atom is 0.129 e. The second-order valence-electron chi connectivity index (χ2n) is 5.26. The van der Waals surface area contributed by atoms with Gasteiger partial charge in [-0.15, -0.1) is 0 Å². The van der Waals surface area contributed by atoms with Gasteiger partial charge in [0.25, 0.3) is 0 Å². The number of aromatic nitrogens is 1. The minimum absolute atomic E-state index is 0.416. The van der Waals surface area contributed by atoms with Crippen molar-refractivity contribution in [2.24, 2.45) is 0 Å². The van der Waals surface area contributed by atoms with Crippen LogP contribution in [0.2, 0.25) is 0 Å². The Kier molecular flexibility index (Phi) is 4.59. The monoisotopic (exact) mass is 248 g/mol. The van der Waals surface area contributed by atoms with Crippen molar-refractivity contribution < 1.29 is 5.11 Å². The summed E-state index contributed by atoms with van der Waals surface area (Å²) in [6.07, 6.45) is 7.71. The molecule has 0 saturated carbocycles. The van der Waals surface area contributed by atoms with E-state index in [1.165, 1.54) is 32.1 Å². The molecule has 0 aromatic carbocycles. The Morgan fingerprint density at radius 3 is 3.06 bits per heavy atom. The summed E-state index contributed by atoms with van der Waals surface area (Å²) in [5.41, 5.74) is 0.959. The quantitative estimate of drug-likeness (QED) is 0.888. The number of piperidine rings is 1. The molecular formula is C15H24N2O. The van der Waals surface area contributed by atoms with Crippen LogP contribution in [0.3, 0.4) is 0 Å². The van der Waals surface area contributed by atoms with Gasteiger partial charge < -0.3 is 10.0 Å². The van der Waals surface area contributed by atoms with Crippen LogP contribution in [-0.2, 0) is 0 Å². The molecule has 0 amide bonds. The molecule has 18 heavy (non-hydrogen) atoms. The molecular weight excluding hydrogens is 224 g/mol. The van der Waals surface area contributed by atoms with Crippen molar-refractivity contribution in [3.63, 3.8) is 0 Å². The van der Waals surface area contributed by atoms with E-state index in [0.717, 1.165) is 17.9 Å². The van der Waals surface area contributed by atoms with Gasteiger partial charge in [0.2, 0.25) is 0 Å². The van der Waals surface area contributed by atoms with Crippen molar-refractivity contribution in [3.8, 4) is 0 Å². The van der Waals surface area contributed by atoms with Gasteiger partial charge in [-0.05, 0) is 50.3 Å². The van der Waals surface area contributed by atoms with Gasteiger partial charge in [-0.25, -0.2) is 4.98 Å². The first-order valence-electron chi connectivity index (χ1n) is 7.13. The summed E-state index contributed by atoms with van der Waals surface area (Å²) >= 11 is 0. The van der Waals surface area contributed by atoms with E-state index in [9.17, 15) is 5.11 Å². The fourth-order valence-corrected chi connectivity index (χ4v) is 2.79. The fraction of sp³-hybridized carbons (Fsp3) is 0.667. The number of anilines is 1. The third kappa shape index (κ3) is 3.02. The summed E-state index contributed by atoms with van der Waals surface area (Å²) in [4.78, 5) is 6.92. The molecule has 0 bridgehead atoms. The molecule has 1 aromatic rings. The van der Waals surface area contributed by atoms with Crippen molar-refractivity contribution in [1.29, 1.82) is 0 Å². The summed E-state index contributed by atoms with van der Waals surface area (Å²) in [5.74, 6) is 1.03. The van der Waals surface area contributed by atoms with Crippen LogP contribution in [0.25, 0.3) is 0 Å². The lowest BCUT2D eigenvalue weighted by atomic mass is 9.98. The maximum atomic E-state index is 9.67. The van der Waals surface area contributed by atoms with Gasteiger partial charge in [-0.2, -0.15) is 0 Å². The van der Waals surface area contributed by atoms with E-state index in [2.05, 4.69) is 16.8 Å². The zero-order valence-electron chi connectivity index (χ0n) is 11.5. The number of hydrogen-bond acceptors (Lipinski definition) is 3. The van der Waals surface area contributed by atoms with Gasteiger partial charge in [0.05, 0.1) is 6.10 Å². The topological polar surface area (TPSA) is 36.4 Å². The first kappa shape index (κ1) is 13.3. The first-order valence-corrected chi connectivity index (χ1v) is 7.13. The average molecular weight is 248 g/mol.